The van der Waals surface area contributed by atoms with E-state index in [1.807, 2.05) is 6.92 Å². The first-order chi connectivity index (χ1) is 8.09. The quantitative estimate of drug-likeness (QED) is 0.672. The monoisotopic (exact) mass is 244 g/mol. The van der Waals surface area contributed by atoms with E-state index in [4.69, 9.17) is 9.84 Å². The Bertz CT molecular complexity index is 228. The van der Waals surface area contributed by atoms with Crippen LogP contribution in [0.1, 0.15) is 33.1 Å². The summed E-state index contributed by atoms with van der Waals surface area (Å²) in [6, 6.07) is 0.0232. The zero-order valence-corrected chi connectivity index (χ0v) is 10.7. The van der Waals surface area contributed by atoms with E-state index >= 15 is 0 Å². The first-order valence-electron chi connectivity index (χ1n) is 6.39. The molecule has 2 amide bonds. The maximum atomic E-state index is 11.5. The van der Waals surface area contributed by atoms with Crippen LogP contribution in [0.3, 0.4) is 0 Å². The highest BCUT2D eigenvalue weighted by Crippen LogP contribution is 2.18. The summed E-state index contributed by atoms with van der Waals surface area (Å²) in [7, 11) is 0. The number of hydrogen-bond donors (Lipinski definition) is 3. The summed E-state index contributed by atoms with van der Waals surface area (Å²) in [5.74, 6) is 0.506. The molecule has 2 atom stereocenters. The zero-order chi connectivity index (χ0) is 12.7. The van der Waals surface area contributed by atoms with Crippen molar-refractivity contribution >= 4 is 6.03 Å². The van der Waals surface area contributed by atoms with Crippen LogP contribution in [-0.2, 0) is 4.74 Å². The van der Waals surface area contributed by atoms with Crippen molar-refractivity contribution in [2.45, 2.75) is 45.3 Å². The van der Waals surface area contributed by atoms with Crippen LogP contribution in [0.25, 0.3) is 0 Å². The van der Waals surface area contributed by atoms with Crippen LogP contribution >= 0.6 is 0 Å². The molecule has 0 bridgehead atoms. The largest absolute Gasteiger partial charge is 0.393 e. The fourth-order valence-electron chi connectivity index (χ4n) is 1.99. The Balaban J connectivity index is 2.15. The van der Waals surface area contributed by atoms with E-state index in [1.54, 1.807) is 6.92 Å². The van der Waals surface area contributed by atoms with Gasteiger partial charge in [0.15, 0.2) is 0 Å². The highest BCUT2D eigenvalue weighted by Gasteiger charge is 2.21. The van der Waals surface area contributed by atoms with Crippen molar-refractivity contribution < 1.29 is 14.6 Å². The van der Waals surface area contributed by atoms with Crippen LogP contribution in [0.15, 0.2) is 0 Å². The summed E-state index contributed by atoms with van der Waals surface area (Å²) >= 11 is 0. The third-order valence-electron chi connectivity index (χ3n) is 3.18. The minimum Gasteiger partial charge on any atom is -0.393 e. The Labute approximate surface area is 103 Å². The van der Waals surface area contributed by atoms with Gasteiger partial charge in [-0.25, -0.2) is 4.79 Å². The number of rotatable bonds is 5. The second-order valence-corrected chi connectivity index (χ2v) is 4.78. The molecule has 0 aromatic heterocycles. The number of urea groups is 1. The molecule has 3 N–H and O–H groups in total. The lowest BCUT2D eigenvalue weighted by Crippen LogP contribution is -2.45. The van der Waals surface area contributed by atoms with Crippen LogP contribution < -0.4 is 10.6 Å². The molecule has 2 unspecified atom stereocenters. The average Bonchev–Trinajstić information content (AvgIpc) is 2.29. The van der Waals surface area contributed by atoms with E-state index < -0.39 is 0 Å². The summed E-state index contributed by atoms with van der Waals surface area (Å²) in [6.45, 7) is 5.83. The first kappa shape index (κ1) is 14.3. The van der Waals surface area contributed by atoms with E-state index in [9.17, 15) is 4.79 Å². The molecule has 100 valence electrons. The molecule has 5 nitrogen and oxygen atoms in total. The van der Waals surface area contributed by atoms with Crippen molar-refractivity contribution in [3.8, 4) is 0 Å². The fraction of sp³-hybridized carbons (Fsp3) is 0.917. The van der Waals surface area contributed by atoms with E-state index in [1.165, 1.54) is 0 Å². The molecular weight excluding hydrogens is 220 g/mol. The number of hydrogen-bond acceptors (Lipinski definition) is 3. The van der Waals surface area contributed by atoms with Gasteiger partial charge in [0, 0.05) is 25.8 Å². The third-order valence-corrected chi connectivity index (χ3v) is 3.18. The SMILES string of the molecule is CC(O)CCNC(=O)NC(C)C1CCOCC1. The predicted molar refractivity (Wildman–Crippen MR) is 65.8 cm³/mol. The number of nitrogens with one attached hydrogen (secondary N) is 2. The highest BCUT2D eigenvalue weighted by atomic mass is 16.5. The number of ether oxygens (including phenoxy) is 1. The Kier molecular flexibility index (Phi) is 6.29. The van der Waals surface area contributed by atoms with Crippen LogP contribution in [-0.4, -0.2) is 43.0 Å². The van der Waals surface area contributed by atoms with Crippen molar-refractivity contribution in [1.82, 2.24) is 10.6 Å². The minimum atomic E-state index is -0.372. The Hall–Kier alpha value is -0.810. The maximum absolute atomic E-state index is 11.5. The van der Waals surface area contributed by atoms with E-state index in [0.717, 1.165) is 26.1 Å². The Morgan fingerprint density at radius 1 is 1.41 bits per heavy atom. The van der Waals surface area contributed by atoms with Gasteiger partial charge in [-0.2, -0.15) is 0 Å². The number of amides is 2. The van der Waals surface area contributed by atoms with Gasteiger partial charge in [-0.15, -0.1) is 0 Å². The molecule has 0 saturated carbocycles. The molecule has 17 heavy (non-hydrogen) atoms. The van der Waals surface area contributed by atoms with Gasteiger partial charge >= 0.3 is 6.03 Å². The van der Waals surface area contributed by atoms with Crippen LogP contribution in [0.2, 0.25) is 0 Å². The van der Waals surface area contributed by atoms with E-state index in [-0.39, 0.29) is 18.2 Å². The van der Waals surface area contributed by atoms with Crippen molar-refractivity contribution in [3.63, 3.8) is 0 Å². The lowest BCUT2D eigenvalue weighted by molar-refractivity contribution is 0.0571. The van der Waals surface area contributed by atoms with Gasteiger partial charge in [0.05, 0.1) is 6.10 Å². The second-order valence-electron chi connectivity index (χ2n) is 4.78. The van der Waals surface area contributed by atoms with Crippen LogP contribution in [0, 0.1) is 5.92 Å². The predicted octanol–water partition coefficient (Wildman–Crippen LogP) is 0.872. The first-order valence-corrected chi connectivity index (χ1v) is 6.39. The van der Waals surface area contributed by atoms with Gasteiger partial charge in [-0.1, -0.05) is 0 Å². The summed E-state index contributed by atoms with van der Waals surface area (Å²) in [5.41, 5.74) is 0. The minimum absolute atomic E-state index is 0.148. The number of carbonyl (C=O) groups excluding carboxylic acids is 1. The van der Waals surface area contributed by atoms with E-state index in [0.29, 0.717) is 18.9 Å². The van der Waals surface area contributed by atoms with Crippen molar-refractivity contribution in [3.05, 3.63) is 0 Å². The fourth-order valence-corrected chi connectivity index (χ4v) is 1.99. The maximum Gasteiger partial charge on any atom is 0.315 e. The van der Waals surface area contributed by atoms with Gasteiger partial charge in [0.1, 0.15) is 0 Å². The molecule has 1 aliphatic rings. The molecule has 5 heteroatoms. The van der Waals surface area contributed by atoms with Gasteiger partial charge in [0.2, 0.25) is 0 Å². The molecular formula is C12H24N2O3. The number of aliphatic hydroxyl groups excluding tert-OH is 1. The molecule has 1 aliphatic heterocycles. The van der Waals surface area contributed by atoms with Crippen LogP contribution in [0.4, 0.5) is 4.79 Å². The summed E-state index contributed by atoms with van der Waals surface area (Å²) < 4.78 is 5.29. The smallest absolute Gasteiger partial charge is 0.315 e. The molecule has 1 saturated heterocycles. The Morgan fingerprint density at radius 2 is 2.06 bits per heavy atom. The molecule has 1 rings (SSSR count). The summed E-state index contributed by atoms with van der Waals surface area (Å²) in [4.78, 5) is 11.5. The van der Waals surface area contributed by atoms with E-state index in [2.05, 4.69) is 10.6 Å². The van der Waals surface area contributed by atoms with Gasteiger partial charge in [-0.3, -0.25) is 0 Å². The normalized spacial score (nSPS) is 20.6. The zero-order valence-electron chi connectivity index (χ0n) is 10.7. The molecule has 0 aromatic rings. The molecule has 1 heterocycles. The van der Waals surface area contributed by atoms with Crippen molar-refractivity contribution in [2.75, 3.05) is 19.8 Å². The number of carbonyl (C=O) groups is 1. The summed E-state index contributed by atoms with van der Waals surface area (Å²) in [6.07, 6.45) is 2.23. The molecule has 0 aromatic carbocycles. The molecule has 0 aliphatic carbocycles. The molecule has 1 fully saturated rings. The van der Waals surface area contributed by atoms with Gasteiger partial charge in [0.25, 0.3) is 0 Å². The second kappa shape index (κ2) is 7.50. The van der Waals surface area contributed by atoms with Crippen molar-refractivity contribution in [2.24, 2.45) is 5.92 Å². The number of aliphatic hydroxyl groups is 1. The van der Waals surface area contributed by atoms with Gasteiger partial charge in [-0.05, 0) is 39.0 Å². The Morgan fingerprint density at radius 3 is 2.65 bits per heavy atom. The average molecular weight is 244 g/mol. The van der Waals surface area contributed by atoms with Gasteiger partial charge < -0.3 is 20.5 Å². The van der Waals surface area contributed by atoms with Crippen molar-refractivity contribution in [1.29, 1.82) is 0 Å². The summed E-state index contributed by atoms with van der Waals surface area (Å²) in [5, 5.41) is 14.7. The lowest BCUT2D eigenvalue weighted by atomic mass is 9.93. The molecule has 0 radical (unpaired) electrons. The topological polar surface area (TPSA) is 70.6 Å². The lowest BCUT2D eigenvalue weighted by Gasteiger charge is -2.28. The molecule has 0 spiro atoms. The highest BCUT2D eigenvalue weighted by molar-refractivity contribution is 5.74. The van der Waals surface area contributed by atoms with Crippen LogP contribution in [0.5, 0.6) is 0 Å². The standard InChI is InChI=1S/C12H24N2O3/c1-9(15)3-6-13-12(16)14-10(2)11-4-7-17-8-5-11/h9-11,15H,3-8H2,1-2H3,(H2,13,14,16). The third kappa shape index (κ3) is 5.89.